The zero-order valence-corrected chi connectivity index (χ0v) is 12.8. The SMILES string of the molecule is O=C(CCC1CC1)N1Cc2cccnc2N2C[C@H](O)C[C@H]2C1. The van der Waals surface area contributed by atoms with Gasteiger partial charge in [0, 0.05) is 37.8 Å². The fourth-order valence-corrected chi connectivity index (χ4v) is 3.74. The Morgan fingerprint density at radius 1 is 1.36 bits per heavy atom. The number of hydrogen-bond acceptors (Lipinski definition) is 4. The molecular weight excluding hydrogens is 278 g/mol. The summed E-state index contributed by atoms with van der Waals surface area (Å²) < 4.78 is 0. The highest BCUT2D eigenvalue weighted by atomic mass is 16.3. The van der Waals surface area contributed by atoms with Gasteiger partial charge < -0.3 is 14.9 Å². The average molecular weight is 301 g/mol. The number of carbonyl (C=O) groups excluding carboxylic acids is 1. The van der Waals surface area contributed by atoms with Gasteiger partial charge in [-0.3, -0.25) is 4.79 Å². The van der Waals surface area contributed by atoms with E-state index in [0.717, 1.165) is 30.1 Å². The fraction of sp³-hybridized carbons (Fsp3) is 0.647. The quantitative estimate of drug-likeness (QED) is 0.920. The topological polar surface area (TPSA) is 56.7 Å². The van der Waals surface area contributed by atoms with Gasteiger partial charge >= 0.3 is 0 Å². The van der Waals surface area contributed by atoms with Crippen molar-refractivity contribution < 1.29 is 9.90 Å². The monoisotopic (exact) mass is 301 g/mol. The lowest BCUT2D eigenvalue weighted by Gasteiger charge is -2.26. The second kappa shape index (κ2) is 5.54. The first-order chi connectivity index (χ1) is 10.7. The molecule has 1 N–H and O–H groups in total. The normalized spacial score (nSPS) is 27.3. The first-order valence-corrected chi connectivity index (χ1v) is 8.37. The van der Waals surface area contributed by atoms with Crippen molar-refractivity contribution in [2.24, 2.45) is 5.92 Å². The van der Waals surface area contributed by atoms with Crippen LogP contribution in [0.4, 0.5) is 5.82 Å². The molecule has 2 fully saturated rings. The summed E-state index contributed by atoms with van der Waals surface area (Å²) in [6.45, 7) is 1.98. The fourth-order valence-electron chi connectivity index (χ4n) is 3.74. The van der Waals surface area contributed by atoms with Crippen LogP contribution in [0.3, 0.4) is 0 Å². The Morgan fingerprint density at radius 2 is 2.23 bits per heavy atom. The highest BCUT2D eigenvalue weighted by Crippen LogP contribution is 2.35. The van der Waals surface area contributed by atoms with E-state index in [9.17, 15) is 9.90 Å². The Balaban J connectivity index is 1.56. The number of carbonyl (C=O) groups is 1. The molecule has 1 aromatic rings. The first-order valence-electron chi connectivity index (χ1n) is 8.37. The van der Waals surface area contributed by atoms with Gasteiger partial charge in [0.1, 0.15) is 5.82 Å². The molecule has 1 amide bonds. The molecule has 3 aliphatic rings. The molecular formula is C17H23N3O2. The Morgan fingerprint density at radius 3 is 3.05 bits per heavy atom. The van der Waals surface area contributed by atoms with Crippen molar-refractivity contribution in [2.45, 2.75) is 50.8 Å². The maximum Gasteiger partial charge on any atom is 0.222 e. The van der Waals surface area contributed by atoms with Crippen LogP contribution < -0.4 is 4.90 Å². The number of fused-ring (bicyclic) bond motifs is 3. The minimum Gasteiger partial charge on any atom is -0.391 e. The van der Waals surface area contributed by atoms with Gasteiger partial charge in [0.05, 0.1) is 12.1 Å². The third kappa shape index (κ3) is 2.70. The van der Waals surface area contributed by atoms with Crippen molar-refractivity contribution in [1.29, 1.82) is 0 Å². The molecule has 0 aromatic carbocycles. The van der Waals surface area contributed by atoms with Crippen LogP contribution in [0.25, 0.3) is 0 Å². The summed E-state index contributed by atoms with van der Waals surface area (Å²) in [5.41, 5.74) is 1.10. The van der Waals surface area contributed by atoms with Crippen molar-refractivity contribution in [2.75, 3.05) is 18.0 Å². The van der Waals surface area contributed by atoms with Gasteiger partial charge in [-0.05, 0) is 24.8 Å². The largest absolute Gasteiger partial charge is 0.391 e. The van der Waals surface area contributed by atoms with Crippen molar-refractivity contribution >= 4 is 11.7 Å². The lowest BCUT2D eigenvalue weighted by Crippen LogP contribution is -2.40. The van der Waals surface area contributed by atoms with Crippen LogP contribution in [0.2, 0.25) is 0 Å². The van der Waals surface area contributed by atoms with Gasteiger partial charge in [0.25, 0.3) is 0 Å². The van der Waals surface area contributed by atoms with E-state index in [4.69, 9.17) is 0 Å². The number of aromatic nitrogens is 1. The standard InChI is InChI=1S/C17H23N3O2/c21-15-8-14-10-19(16(22)6-5-12-3-4-12)9-13-2-1-7-18-17(13)20(14)11-15/h1-2,7,12,14-15,21H,3-6,8-11H2/t14-,15+/m0/s1. The molecule has 1 saturated heterocycles. The number of amides is 1. The smallest absolute Gasteiger partial charge is 0.222 e. The Kier molecular flexibility index (Phi) is 3.53. The van der Waals surface area contributed by atoms with E-state index in [1.165, 1.54) is 12.8 Å². The molecule has 5 heteroatoms. The summed E-state index contributed by atoms with van der Waals surface area (Å²) in [6, 6.07) is 4.17. The number of aliphatic hydroxyl groups is 1. The van der Waals surface area contributed by atoms with Crippen molar-refractivity contribution in [3.63, 3.8) is 0 Å². The number of aliphatic hydroxyl groups excluding tert-OH is 1. The van der Waals surface area contributed by atoms with E-state index in [0.29, 0.717) is 26.1 Å². The summed E-state index contributed by atoms with van der Waals surface area (Å²) in [4.78, 5) is 21.3. The van der Waals surface area contributed by atoms with Crippen molar-refractivity contribution in [3.05, 3.63) is 23.9 Å². The lowest BCUT2D eigenvalue weighted by molar-refractivity contribution is -0.132. The lowest BCUT2D eigenvalue weighted by atomic mass is 10.1. The van der Waals surface area contributed by atoms with Crippen LogP contribution >= 0.6 is 0 Å². The van der Waals surface area contributed by atoms with E-state index in [1.54, 1.807) is 6.20 Å². The molecule has 2 atom stereocenters. The molecule has 2 aliphatic heterocycles. The average Bonchev–Trinajstić information content (AvgIpc) is 3.29. The molecule has 0 spiro atoms. The highest BCUT2D eigenvalue weighted by molar-refractivity contribution is 5.77. The van der Waals surface area contributed by atoms with Crippen molar-refractivity contribution in [3.8, 4) is 0 Å². The number of nitrogens with zero attached hydrogens (tertiary/aromatic N) is 3. The molecule has 1 saturated carbocycles. The second-order valence-corrected chi connectivity index (χ2v) is 6.94. The van der Waals surface area contributed by atoms with Crippen LogP contribution in [-0.4, -0.2) is 46.1 Å². The molecule has 0 radical (unpaired) electrons. The predicted octanol–water partition coefficient (Wildman–Crippen LogP) is 1.55. The molecule has 5 nitrogen and oxygen atoms in total. The van der Waals surface area contributed by atoms with Gasteiger partial charge in [-0.2, -0.15) is 0 Å². The van der Waals surface area contributed by atoms with Crippen LogP contribution in [0.1, 0.15) is 37.7 Å². The van der Waals surface area contributed by atoms with Gasteiger partial charge in [0.15, 0.2) is 0 Å². The summed E-state index contributed by atoms with van der Waals surface area (Å²) in [5, 5.41) is 10.0. The van der Waals surface area contributed by atoms with Gasteiger partial charge in [-0.15, -0.1) is 0 Å². The molecule has 1 aromatic heterocycles. The number of pyridine rings is 1. The number of hydrogen-bond donors (Lipinski definition) is 1. The zero-order valence-electron chi connectivity index (χ0n) is 12.8. The number of rotatable bonds is 3. The third-order valence-electron chi connectivity index (χ3n) is 5.14. The van der Waals surface area contributed by atoms with E-state index >= 15 is 0 Å². The predicted molar refractivity (Wildman–Crippen MR) is 83.4 cm³/mol. The Labute approximate surface area is 130 Å². The van der Waals surface area contributed by atoms with Gasteiger partial charge in [-0.1, -0.05) is 18.9 Å². The molecule has 0 unspecified atom stereocenters. The molecule has 4 rings (SSSR count). The Hall–Kier alpha value is -1.62. The minimum absolute atomic E-state index is 0.191. The minimum atomic E-state index is -0.318. The number of anilines is 1. The van der Waals surface area contributed by atoms with Crippen LogP contribution in [0.15, 0.2) is 18.3 Å². The first kappa shape index (κ1) is 14.0. The maximum absolute atomic E-state index is 12.6. The highest BCUT2D eigenvalue weighted by Gasteiger charge is 2.37. The summed E-state index contributed by atoms with van der Waals surface area (Å²) >= 11 is 0. The Bertz CT molecular complexity index is 573. The summed E-state index contributed by atoms with van der Waals surface area (Å²) in [6.07, 6.45) is 6.49. The van der Waals surface area contributed by atoms with E-state index < -0.39 is 0 Å². The molecule has 22 heavy (non-hydrogen) atoms. The summed E-state index contributed by atoms with van der Waals surface area (Å²) in [7, 11) is 0. The van der Waals surface area contributed by atoms with Crippen LogP contribution in [0.5, 0.6) is 0 Å². The summed E-state index contributed by atoms with van der Waals surface area (Å²) in [5.74, 6) is 1.99. The second-order valence-electron chi connectivity index (χ2n) is 6.94. The molecule has 3 heterocycles. The third-order valence-corrected chi connectivity index (χ3v) is 5.14. The van der Waals surface area contributed by atoms with Gasteiger partial charge in [0.2, 0.25) is 5.91 Å². The van der Waals surface area contributed by atoms with E-state index in [-0.39, 0.29) is 18.1 Å². The molecule has 1 aliphatic carbocycles. The molecule has 0 bridgehead atoms. The molecule has 118 valence electrons. The zero-order chi connectivity index (χ0) is 15.1. The van der Waals surface area contributed by atoms with Crippen LogP contribution in [-0.2, 0) is 11.3 Å². The maximum atomic E-state index is 12.6. The van der Waals surface area contributed by atoms with Gasteiger partial charge in [-0.25, -0.2) is 4.98 Å². The van der Waals surface area contributed by atoms with Crippen LogP contribution in [0, 0.1) is 5.92 Å². The van der Waals surface area contributed by atoms with Crippen molar-refractivity contribution in [1.82, 2.24) is 9.88 Å². The van der Waals surface area contributed by atoms with E-state index in [2.05, 4.69) is 16.0 Å². The van der Waals surface area contributed by atoms with E-state index in [1.807, 2.05) is 11.0 Å².